The van der Waals surface area contributed by atoms with E-state index in [9.17, 15) is 0 Å². The van der Waals surface area contributed by atoms with Gasteiger partial charge < -0.3 is 10.1 Å². The lowest BCUT2D eigenvalue weighted by Gasteiger charge is -2.16. The monoisotopic (exact) mass is 337 g/mol. The highest BCUT2D eigenvalue weighted by molar-refractivity contribution is 9.10. The Labute approximate surface area is 128 Å². The van der Waals surface area contributed by atoms with E-state index < -0.39 is 0 Å². The summed E-state index contributed by atoms with van der Waals surface area (Å²) in [6.45, 7) is 6.79. The van der Waals surface area contributed by atoms with E-state index in [0.717, 1.165) is 21.8 Å². The second-order valence-corrected chi connectivity index (χ2v) is 5.89. The van der Waals surface area contributed by atoms with Crippen molar-refractivity contribution in [2.75, 3.05) is 19.0 Å². The van der Waals surface area contributed by atoms with Crippen molar-refractivity contribution in [3.8, 4) is 5.69 Å². The highest BCUT2D eigenvalue weighted by Gasteiger charge is 2.12. The van der Waals surface area contributed by atoms with Gasteiger partial charge in [0.1, 0.15) is 0 Å². The Hall–Kier alpha value is -1.33. The number of ether oxygens (including phenoxy) is 1. The smallest absolute Gasteiger partial charge is 0.208 e. The lowest BCUT2D eigenvalue weighted by molar-refractivity contribution is 0.190. The SMILES string of the molecule is COCC(C)Nc1nc(C)cn1-c1cc(C)ccc1Br. The minimum atomic E-state index is 0.198. The Kier molecular flexibility index (Phi) is 4.83. The number of aryl methyl sites for hydroxylation is 2. The molecule has 1 aromatic heterocycles. The van der Waals surface area contributed by atoms with E-state index in [2.05, 4.69) is 62.8 Å². The zero-order valence-electron chi connectivity index (χ0n) is 12.3. The van der Waals surface area contributed by atoms with E-state index in [1.54, 1.807) is 7.11 Å². The minimum absolute atomic E-state index is 0.198. The van der Waals surface area contributed by atoms with Gasteiger partial charge in [0.05, 0.1) is 18.0 Å². The topological polar surface area (TPSA) is 39.1 Å². The summed E-state index contributed by atoms with van der Waals surface area (Å²) in [5.74, 6) is 0.832. The molecule has 108 valence electrons. The van der Waals surface area contributed by atoms with Gasteiger partial charge in [-0.05, 0) is 54.4 Å². The van der Waals surface area contributed by atoms with Crippen LogP contribution in [0.3, 0.4) is 0 Å². The van der Waals surface area contributed by atoms with Crippen molar-refractivity contribution in [1.29, 1.82) is 0 Å². The highest BCUT2D eigenvalue weighted by Crippen LogP contribution is 2.26. The van der Waals surface area contributed by atoms with Crippen LogP contribution >= 0.6 is 15.9 Å². The molecule has 2 aromatic rings. The predicted octanol–water partition coefficient (Wildman–Crippen LogP) is 3.70. The quantitative estimate of drug-likeness (QED) is 0.904. The Balaban J connectivity index is 2.38. The van der Waals surface area contributed by atoms with Gasteiger partial charge in [-0.25, -0.2) is 4.98 Å². The van der Waals surface area contributed by atoms with Crippen LogP contribution in [-0.2, 0) is 4.74 Å². The Morgan fingerprint density at radius 2 is 2.15 bits per heavy atom. The molecule has 0 aliphatic heterocycles. The molecule has 1 N–H and O–H groups in total. The summed E-state index contributed by atoms with van der Waals surface area (Å²) >= 11 is 3.61. The number of benzene rings is 1. The summed E-state index contributed by atoms with van der Waals surface area (Å²) in [6.07, 6.45) is 2.03. The van der Waals surface area contributed by atoms with Gasteiger partial charge in [-0.2, -0.15) is 0 Å². The minimum Gasteiger partial charge on any atom is -0.383 e. The van der Waals surface area contributed by atoms with Gasteiger partial charge >= 0.3 is 0 Å². The van der Waals surface area contributed by atoms with Crippen molar-refractivity contribution in [3.63, 3.8) is 0 Å². The van der Waals surface area contributed by atoms with Crippen molar-refractivity contribution >= 4 is 21.9 Å². The average Bonchev–Trinajstić information content (AvgIpc) is 2.73. The molecule has 0 aliphatic rings. The largest absolute Gasteiger partial charge is 0.383 e. The summed E-state index contributed by atoms with van der Waals surface area (Å²) in [5.41, 5.74) is 3.27. The molecule has 2 rings (SSSR count). The molecule has 0 aliphatic carbocycles. The molecule has 4 nitrogen and oxygen atoms in total. The van der Waals surface area contributed by atoms with Crippen LogP contribution in [-0.4, -0.2) is 29.3 Å². The van der Waals surface area contributed by atoms with E-state index in [0.29, 0.717) is 6.61 Å². The third-order valence-corrected chi connectivity index (χ3v) is 3.65. The maximum atomic E-state index is 5.16. The second kappa shape index (κ2) is 6.41. The fraction of sp³-hybridized carbons (Fsp3) is 0.400. The van der Waals surface area contributed by atoms with Crippen LogP contribution in [0.5, 0.6) is 0 Å². The van der Waals surface area contributed by atoms with Crippen LogP contribution in [0, 0.1) is 13.8 Å². The van der Waals surface area contributed by atoms with Crippen molar-refractivity contribution in [2.24, 2.45) is 0 Å². The van der Waals surface area contributed by atoms with Gasteiger partial charge in [0.25, 0.3) is 0 Å². The lowest BCUT2D eigenvalue weighted by atomic mass is 10.2. The summed E-state index contributed by atoms with van der Waals surface area (Å²) in [4.78, 5) is 4.56. The molecule has 0 radical (unpaired) electrons. The number of aromatic nitrogens is 2. The number of imidazole rings is 1. The van der Waals surface area contributed by atoms with E-state index in [-0.39, 0.29) is 6.04 Å². The third kappa shape index (κ3) is 3.41. The maximum absolute atomic E-state index is 5.16. The van der Waals surface area contributed by atoms with E-state index in [1.807, 2.05) is 13.1 Å². The molecule has 1 atom stereocenters. The first-order chi connectivity index (χ1) is 9.51. The lowest BCUT2D eigenvalue weighted by Crippen LogP contribution is -2.23. The zero-order valence-corrected chi connectivity index (χ0v) is 13.9. The summed E-state index contributed by atoms with van der Waals surface area (Å²) < 4.78 is 8.27. The molecule has 0 amide bonds. The number of hydrogen-bond donors (Lipinski definition) is 1. The summed E-state index contributed by atoms with van der Waals surface area (Å²) in [6, 6.07) is 6.47. The number of halogens is 1. The molecule has 0 fully saturated rings. The Morgan fingerprint density at radius 1 is 1.40 bits per heavy atom. The number of hydrogen-bond acceptors (Lipinski definition) is 3. The van der Waals surface area contributed by atoms with Gasteiger partial charge in [0, 0.05) is 23.8 Å². The number of rotatable bonds is 5. The molecular weight excluding hydrogens is 318 g/mol. The molecule has 5 heteroatoms. The molecule has 1 heterocycles. The van der Waals surface area contributed by atoms with Gasteiger partial charge in [-0.1, -0.05) is 6.07 Å². The van der Waals surface area contributed by atoms with Crippen LogP contribution in [0.4, 0.5) is 5.95 Å². The number of methoxy groups -OCH3 is 1. The van der Waals surface area contributed by atoms with Crippen molar-refractivity contribution in [2.45, 2.75) is 26.8 Å². The van der Waals surface area contributed by atoms with Gasteiger partial charge in [-0.15, -0.1) is 0 Å². The molecule has 1 aromatic carbocycles. The van der Waals surface area contributed by atoms with Gasteiger partial charge in [0.15, 0.2) is 0 Å². The first-order valence-corrected chi connectivity index (χ1v) is 7.38. The van der Waals surface area contributed by atoms with Crippen LogP contribution in [0.15, 0.2) is 28.9 Å². The second-order valence-electron chi connectivity index (χ2n) is 5.03. The van der Waals surface area contributed by atoms with Crippen LogP contribution in [0.2, 0.25) is 0 Å². The van der Waals surface area contributed by atoms with Crippen molar-refractivity contribution in [3.05, 3.63) is 40.1 Å². The molecule has 1 unspecified atom stereocenters. The number of anilines is 1. The van der Waals surface area contributed by atoms with E-state index >= 15 is 0 Å². The summed E-state index contributed by atoms with van der Waals surface area (Å²) in [5, 5.41) is 3.38. The first-order valence-electron chi connectivity index (χ1n) is 6.59. The average molecular weight is 338 g/mol. The van der Waals surface area contributed by atoms with Gasteiger partial charge in [0.2, 0.25) is 5.95 Å². The maximum Gasteiger partial charge on any atom is 0.208 e. The fourth-order valence-corrected chi connectivity index (χ4v) is 2.54. The number of nitrogens with zero attached hydrogens (tertiary/aromatic N) is 2. The molecule has 0 saturated carbocycles. The normalized spacial score (nSPS) is 12.4. The molecule has 0 saturated heterocycles. The van der Waals surface area contributed by atoms with Crippen LogP contribution < -0.4 is 5.32 Å². The van der Waals surface area contributed by atoms with E-state index in [4.69, 9.17) is 4.74 Å². The first kappa shape index (κ1) is 15.1. The third-order valence-electron chi connectivity index (χ3n) is 2.98. The highest BCUT2D eigenvalue weighted by atomic mass is 79.9. The van der Waals surface area contributed by atoms with Crippen molar-refractivity contribution in [1.82, 2.24) is 9.55 Å². The molecule has 20 heavy (non-hydrogen) atoms. The summed E-state index contributed by atoms with van der Waals surface area (Å²) in [7, 11) is 1.70. The fourth-order valence-electron chi connectivity index (χ4n) is 2.10. The van der Waals surface area contributed by atoms with Gasteiger partial charge in [-0.3, -0.25) is 4.57 Å². The zero-order chi connectivity index (χ0) is 14.7. The standard InChI is InChI=1S/C15H20BrN3O/c1-10-5-6-13(16)14(7-10)19-8-11(2)17-15(19)18-12(3)9-20-4/h5-8,12H,9H2,1-4H3,(H,17,18). The molecule has 0 spiro atoms. The van der Waals surface area contributed by atoms with Crippen LogP contribution in [0.25, 0.3) is 5.69 Å². The van der Waals surface area contributed by atoms with Crippen LogP contribution in [0.1, 0.15) is 18.2 Å². The molecule has 0 bridgehead atoms. The van der Waals surface area contributed by atoms with Crippen molar-refractivity contribution < 1.29 is 4.74 Å². The number of nitrogens with one attached hydrogen (secondary N) is 1. The Morgan fingerprint density at radius 3 is 2.85 bits per heavy atom. The van der Waals surface area contributed by atoms with E-state index in [1.165, 1.54) is 5.56 Å². The Bertz CT molecular complexity index is 595. The predicted molar refractivity (Wildman–Crippen MR) is 85.7 cm³/mol. The molecular formula is C15H20BrN3O.